The molecule has 20 heavy (non-hydrogen) atoms. The Labute approximate surface area is 138 Å². The second kappa shape index (κ2) is 6.89. The first-order valence-electron chi connectivity index (χ1n) is 5.27. The number of methoxy groups -OCH3 is 1. The number of rotatable bonds is 4. The Balaban J connectivity index is 0.00000200. The van der Waals surface area contributed by atoms with Crippen LogP contribution >= 0.6 is 0 Å². The Bertz CT molecular complexity index is 659. The van der Waals surface area contributed by atoms with E-state index < -0.39 is 10.0 Å². The first-order chi connectivity index (χ1) is 9.01. The molecule has 0 unspecified atom stereocenters. The normalized spacial score (nSPS) is 10.4. The molecule has 102 valence electrons. The molecule has 1 heterocycles. The van der Waals surface area contributed by atoms with Crippen LogP contribution in [0.2, 0.25) is 0 Å². The molecular formula is C11H13N4NaO3S. The van der Waals surface area contributed by atoms with Crippen LogP contribution in [0, 0.1) is 0 Å². The number of sulfonamides is 1. The monoisotopic (exact) mass is 304 g/mol. The molecule has 0 spiro atoms. The van der Waals surface area contributed by atoms with E-state index in [0.717, 1.165) is 0 Å². The molecular weight excluding hydrogens is 291 g/mol. The average Bonchev–Trinajstić information content (AvgIpc) is 2.40. The first kappa shape index (κ1) is 16.7. The molecule has 1 aromatic carbocycles. The van der Waals surface area contributed by atoms with Gasteiger partial charge >= 0.3 is 29.6 Å². The standard InChI is InChI=1S/C11H12N4O3S.Na.H/c1-18-11-7-6-10(13-14-11)15-19(16,17)9-4-2-8(12)3-5-9;;/h2-7H,12H2,1H3,(H,13,15);;. The second-order valence-corrected chi connectivity index (χ2v) is 5.32. The molecule has 2 rings (SSSR count). The zero-order valence-electron chi connectivity index (χ0n) is 10.1. The van der Waals surface area contributed by atoms with Gasteiger partial charge in [0.1, 0.15) is 0 Å². The fourth-order valence-corrected chi connectivity index (χ4v) is 2.32. The van der Waals surface area contributed by atoms with E-state index in [1.54, 1.807) is 0 Å². The molecule has 2 aromatic rings. The molecule has 0 saturated carbocycles. The number of aromatic nitrogens is 2. The number of nitrogen functional groups attached to an aromatic ring is 1. The van der Waals surface area contributed by atoms with Crippen molar-refractivity contribution in [2.24, 2.45) is 0 Å². The molecule has 0 saturated heterocycles. The van der Waals surface area contributed by atoms with Gasteiger partial charge < -0.3 is 10.5 Å². The van der Waals surface area contributed by atoms with Gasteiger partial charge in [0.05, 0.1) is 12.0 Å². The van der Waals surface area contributed by atoms with Crippen LogP contribution in [0.3, 0.4) is 0 Å². The van der Waals surface area contributed by atoms with E-state index in [1.165, 1.54) is 43.5 Å². The molecule has 3 N–H and O–H groups in total. The number of hydrogen-bond donors (Lipinski definition) is 2. The van der Waals surface area contributed by atoms with E-state index in [2.05, 4.69) is 14.9 Å². The third-order valence-electron chi connectivity index (χ3n) is 2.28. The summed E-state index contributed by atoms with van der Waals surface area (Å²) >= 11 is 0. The van der Waals surface area contributed by atoms with Crippen LogP contribution < -0.4 is 15.2 Å². The maximum absolute atomic E-state index is 12.0. The Kier molecular flexibility index (Phi) is 5.75. The third-order valence-corrected chi connectivity index (χ3v) is 3.65. The van der Waals surface area contributed by atoms with Gasteiger partial charge in [0, 0.05) is 11.8 Å². The Morgan fingerprint density at radius 2 is 1.75 bits per heavy atom. The van der Waals surface area contributed by atoms with Crippen molar-refractivity contribution in [2.45, 2.75) is 4.90 Å². The van der Waals surface area contributed by atoms with Crippen LogP contribution in [0.25, 0.3) is 0 Å². The minimum atomic E-state index is -3.70. The zero-order valence-corrected chi connectivity index (χ0v) is 10.9. The van der Waals surface area contributed by atoms with Gasteiger partial charge in [0.2, 0.25) is 5.88 Å². The van der Waals surface area contributed by atoms with Crippen molar-refractivity contribution in [3.05, 3.63) is 36.4 Å². The fraction of sp³-hybridized carbons (Fsp3) is 0.0909. The average molecular weight is 304 g/mol. The van der Waals surface area contributed by atoms with Gasteiger partial charge in [-0.25, -0.2) is 8.42 Å². The second-order valence-electron chi connectivity index (χ2n) is 3.64. The summed E-state index contributed by atoms with van der Waals surface area (Å²) in [5.74, 6) is 0.410. The maximum atomic E-state index is 12.0. The van der Waals surface area contributed by atoms with Crippen molar-refractivity contribution in [1.29, 1.82) is 0 Å². The van der Waals surface area contributed by atoms with E-state index in [0.29, 0.717) is 11.6 Å². The molecule has 0 aliphatic heterocycles. The van der Waals surface area contributed by atoms with Crippen molar-refractivity contribution >= 4 is 51.1 Å². The van der Waals surface area contributed by atoms with Gasteiger partial charge in [-0.15, -0.1) is 10.2 Å². The van der Waals surface area contributed by atoms with Crippen LogP contribution in [-0.2, 0) is 10.0 Å². The van der Waals surface area contributed by atoms with E-state index in [-0.39, 0.29) is 40.3 Å². The molecule has 7 nitrogen and oxygen atoms in total. The number of nitrogens with one attached hydrogen (secondary N) is 1. The van der Waals surface area contributed by atoms with Crippen molar-refractivity contribution in [1.82, 2.24) is 10.2 Å². The van der Waals surface area contributed by atoms with Crippen molar-refractivity contribution in [3.8, 4) is 5.88 Å². The molecule has 0 aliphatic rings. The van der Waals surface area contributed by atoms with Gasteiger partial charge in [0.15, 0.2) is 5.82 Å². The van der Waals surface area contributed by atoms with Crippen LogP contribution in [0.5, 0.6) is 5.88 Å². The van der Waals surface area contributed by atoms with Gasteiger partial charge in [-0.2, -0.15) is 0 Å². The number of benzene rings is 1. The summed E-state index contributed by atoms with van der Waals surface area (Å²) in [5.41, 5.74) is 5.99. The number of nitrogens with zero attached hydrogens (tertiary/aromatic N) is 2. The summed E-state index contributed by atoms with van der Waals surface area (Å²) in [6.07, 6.45) is 0. The van der Waals surface area contributed by atoms with Crippen LogP contribution in [0.1, 0.15) is 0 Å². The Hall–Kier alpha value is -1.35. The molecule has 0 atom stereocenters. The van der Waals surface area contributed by atoms with Crippen molar-refractivity contribution < 1.29 is 13.2 Å². The Morgan fingerprint density at radius 3 is 2.25 bits per heavy atom. The minimum absolute atomic E-state index is 0. The molecule has 0 radical (unpaired) electrons. The quantitative estimate of drug-likeness (QED) is 0.618. The summed E-state index contributed by atoms with van der Waals surface area (Å²) < 4.78 is 31.2. The van der Waals surface area contributed by atoms with E-state index in [4.69, 9.17) is 10.5 Å². The van der Waals surface area contributed by atoms with Crippen LogP contribution in [0.4, 0.5) is 11.5 Å². The van der Waals surface area contributed by atoms with Gasteiger partial charge in [0.25, 0.3) is 10.0 Å². The molecule has 0 bridgehead atoms. The van der Waals surface area contributed by atoms with Gasteiger partial charge in [-0.1, -0.05) is 0 Å². The third kappa shape index (κ3) is 4.07. The van der Waals surface area contributed by atoms with Crippen molar-refractivity contribution in [3.63, 3.8) is 0 Å². The zero-order chi connectivity index (χ0) is 13.9. The van der Waals surface area contributed by atoms with E-state index >= 15 is 0 Å². The predicted molar refractivity (Wildman–Crippen MR) is 77.4 cm³/mol. The van der Waals surface area contributed by atoms with E-state index in [9.17, 15) is 8.42 Å². The number of hydrogen-bond acceptors (Lipinski definition) is 6. The fourth-order valence-electron chi connectivity index (χ4n) is 1.33. The Morgan fingerprint density at radius 1 is 1.10 bits per heavy atom. The number of ether oxygens (including phenoxy) is 1. The predicted octanol–water partition coefficient (Wildman–Crippen LogP) is 0.220. The van der Waals surface area contributed by atoms with Gasteiger partial charge in [-0.05, 0) is 30.3 Å². The first-order valence-corrected chi connectivity index (χ1v) is 6.76. The van der Waals surface area contributed by atoms with Gasteiger partial charge in [-0.3, -0.25) is 4.72 Å². The van der Waals surface area contributed by atoms with E-state index in [1.807, 2.05) is 0 Å². The summed E-state index contributed by atoms with van der Waals surface area (Å²) in [6.45, 7) is 0. The van der Waals surface area contributed by atoms with Crippen LogP contribution in [0.15, 0.2) is 41.3 Å². The summed E-state index contributed by atoms with van der Waals surface area (Å²) in [7, 11) is -2.25. The summed E-state index contributed by atoms with van der Waals surface area (Å²) in [6, 6.07) is 8.81. The van der Waals surface area contributed by atoms with Crippen LogP contribution in [-0.4, -0.2) is 55.3 Å². The summed E-state index contributed by atoms with van der Waals surface area (Å²) in [5, 5.41) is 7.36. The number of nitrogens with two attached hydrogens (primary N) is 1. The number of anilines is 2. The molecule has 0 aliphatic carbocycles. The summed E-state index contributed by atoms with van der Waals surface area (Å²) in [4.78, 5) is 0.0966. The topological polar surface area (TPSA) is 107 Å². The molecule has 0 fully saturated rings. The van der Waals surface area contributed by atoms with Crippen molar-refractivity contribution in [2.75, 3.05) is 17.6 Å². The molecule has 1 aromatic heterocycles. The molecule has 9 heteroatoms. The molecule has 0 amide bonds. The SMILES string of the molecule is COc1ccc(NS(=O)(=O)c2ccc(N)cc2)nn1.[NaH].